The van der Waals surface area contributed by atoms with Crippen molar-refractivity contribution >= 4 is 27.5 Å². The molecule has 20 heavy (non-hydrogen) atoms. The molecule has 0 aliphatic rings. The van der Waals surface area contributed by atoms with Crippen molar-refractivity contribution in [2.24, 2.45) is 0 Å². The second-order valence-electron chi connectivity index (χ2n) is 4.86. The minimum atomic E-state index is -0.403. The van der Waals surface area contributed by atoms with E-state index in [4.69, 9.17) is 0 Å². The van der Waals surface area contributed by atoms with E-state index in [1.165, 1.54) is 6.07 Å². The molecule has 0 spiro atoms. The Morgan fingerprint density at radius 2 is 1.70 bits per heavy atom. The lowest BCUT2D eigenvalue weighted by Crippen LogP contribution is -2.15. The summed E-state index contributed by atoms with van der Waals surface area (Å²) in [4.78, 5) is 12.3. The van der Waals surface area contributed by atoms with Crippen LogP contribution in [-0.2, 0) is 0 Å². The minimum absolute atomic E-state index is 0.221. The lowest BCUT2D eigenvalue weighted by Gasteiger charge is -2.12. The quantitative estimate of drug-likeness (QED) is 0.841. The second kappa shape index (κ2) is 5.75. The zero-order chi connectivity index (χ0) is 14.9. The normalized spacial score (nSPS) is 10.4. The predicted molar refractivity (Wildman–Crippen MR) is 82.7 cm³/mol. The number of aryl methyl sites for hydroxylation is 3. The smallest absolute Gasteiger partial charge is 0.256 e. The van der Waals surface area contributed by atoms with E-state index in [0.717, 1.165) is 16.7 Å². The third kappa shape index (κ3) is 3.07. The molecule has 0 radical (unpaired) electrons. The molecule has 0 aliphatic carbocycles. The van der Waals surface area contributed by atoms with Crippen LogP contribution in [0.3, 0.4) is 0 Å². The van der Waals surface area contributed by atoms with E-state index in [2.05, 4.69) is 21.2 Å². The largest absolute Gasteiger partial charge is 0.322 e. The molecule has 0 aliphatic heterocycles. The van der Waals surface area contributed by atoms with Gasteiger partial charge in [-0.15, -0.1) is 0 Å². The Hall–Kier alpha value is -1.68. The van der Waals surface area contributed by atoms with E-state index in [0.29, 0.717) is 15.7 Å². The van der Waals surface area contributed by atoms with Crippen LogP contribution in [0.1, 0.15) is 27.0 Å². The summed E-state index contributed by atoms with van der Waals surface area (Å²) in [6.07, 6.45) is 0. The Morgan fingerprint density at radius 3 is 2.25 bits per heavy atom. The summed E-state index contributed by atoms with van der Waals surface area (Å²) in [6, 6.07) is 8.44. The van der Waals surface area contributed by atoms with Crippen molar-refractivity contribution in [3.05, 3.63) is 62.9 Å². The third-order valence-electron chi connectivity index (χ3n) is 3.08. The molecule has 2 aromatic carbocycles. The van der Waals surface area contributed by atoms with E-state index in [9.17, 15) is 9.18 Å². The molecule has 2 nitrogen and oxygen atoms in total. The van der Waals surface area contributed by atoms with Gasteiger partial charge in [0.15, 0.2) is 0 Å². The van der Waals surface area contributed by atoms with E-state index in [1.54, 1.807) is 12.1 Å². The summed E-state index contributed by atoms with van der Waals surface area (Å²) < 4.78 is 13.8. The van der Waals surface area contributed by atoms with Gasteiger partial charge in [0.2, 0.25) is 0 Å². The summed E-state index contributed by atoms with van der Waals surface area (Å²) >= 11 is 3.08. The van der Waals surface area contributed by atoms with Gasteiger partial charge in [0.1, 0.15) is 5.82 Å². The van der Waals surface area contributed by atoms with Crippen molar-refractivity contribution in [1.82, 2.24) is 0 Å². The van der Waals surface area contributed by atoms with Crippen molar-refractivity contribution in [1.29, 1.82) is 0 Å². The van der Waals surface area contributed by atoms with Crippen molar-refractivity contribution in [3.63, 3.8) is 0 Å². The van der Waals surface area contributed by atoms with Gasteiger partial charge in [0.25, 0.3) is 5.91 Å². The number of halogens is 2. The van der Waals surface area contributed by atoms with Crippen molar-refractivity contribution in [2.75, 3.05) is 5.32 Å². The highest BCUT2D eigenvalue weighted by atomic mass is 79.9. The molecule has 104 valence electrons. The van der Waals surface area contributed by atoms with Gasteiger partial charge in [-0.3, -0.25) is 4.79 Å². The van der Waals surface area contributed by atoms with E-state index < -0.39 is 5.82 Å². The molecule has 1 N–H and O–H groups in total. The Bertz CT molecular complexity index is 659. The SMILES string of the molecule is Cc1cc(C)c(C(=O)Nc2ccc(Br)c(F)c2)c(C)c1. The van der Waals surface area contributed by atoms with Crippen LogP contribution in [0.25, 0.3) is 0 Å². The number of benzene rings is 2. The molecule has 1 amide bonds. The first-order valence-corrected chi connectivity index (χ1v) is 7.02. The van der Waals surface area contributed by atoms with Crippen molar-refractivity contribution in [2.45, 2.75) is 20.8 Å². The summed E-state index contributed by atoms with van der Waals surface area (Å²) in [6.45, 7) is 5.79. The predicted octanol–water partition coefficient (Wildman–Crippen LogP) is 4.77. The van der Waals surface area contributed by atoms with Gasteiger partial charge < -0.3 is 5.32 Å². The Morgan fingerprint density at radius 1 is 1.10 bits per heavy atom. The molecule has 0 aromatic heterocycles. The Labute approximate surface area is 126 Å². The van der Waals surface area contributed by atoms with E-state index in [-0.39, 0.29) is 5.91 Å². The molecule has 0 heterocycles. The van der Waals surface area contributed by atoms with Gasteiger partial charge >= 0.3 is 0 Å². The van der Waals surface area contributed by atoms with Gasteiger partial charge in [-0.05, 0) is 66.0 Å². The summed E-state index contributed by atoms with van der Waals surface area (Å²) in [5.41, 5.74) is 4.02. The van der Waals surface area contributed by atoms with Crippen LogP contribution < -0.4 is 5.32 Å². The van der Waals surface area contributed by atoms with Gasteiger partial charge in [0.05, 0.1) is 4.47 Å². The summed E-state index contributed by atoms with van der Waals surface area (Å²) in [5.74, 6) is -0.623. The first-order chi connectivity index (χ1) is 9.38. The maximum atomic E-state index is 13.4. The molecule has 0 saturated heterocycles. The van der Waals surface area contributed by atoms with Crippen LogP contribution in [0.5, 0.6) is 0 Å². The number of amides is 1. The van der Waals surface area contributed by atoms with Crippen molar-refractivity contribution in [3.8, 4) is 0 Å². The number of nitrogens with one attached hydrogen (secondary N) is 1. The molecule has 4 heteroatoms. The van der Waals surface area contributed by atoms with Crippen LogP contribution in [0, 0.1) is 26.6 Å². The van der Waals surface area contributed by atoms with Crippen LogP contribution >= 0.6 is 15.9 Å². The molecule has 2 aromatic rings. The molecule has 0 fully saturated rings. The number of carbonyl (C=O) groups is 1. The molecular formula is C16H15BrFNO. The monoisotopic (exact) mass is 335 g/mol. The summed E-state index contributed by atoms with van der Waals surface area (Å²) in [5, 5.41) is 2.73. The first-order valence-electron chi connectivity index (χ1n) is 6.22. The second-order valence-corrected chi connectivity index (χ2v) is 5.71. The fraction of sp³-hybridized carbons (Fsp3) is 0.188. The van der Waals surface area contributed by atoms with E-state index in [1.807, 2.05) is 32.9 Å². The van der Waals surface area contributed by atoms with Crippen molar-refractivity contribution < 1.29 is 9.18 Å². The lowest BCUT2D eigenvalue weighted by atomic mass is 9.99. The number of anilines is 1. The zero-order valence-corrected chi connectivity index (χ0v) is 13.1. The fourth-order valence-corrected chi connectivity index (χ4v) is 2.55. The Kier molecular flexibility index (Phi) is 4.23. The lowest BCUT2D eigenvalue weighted by molar-refractivity contribution is 0.102. The highest BCUT2D eigenvalue weighted by Gasteiger charge is 2.13. The van der Waals surface area contributed by atoms with Crippen LogP contribution in [0.2, 0.25) is 0 Å². The number of carbonyl (C=O) groups excluding carboxylic acids is 1. The molecular weight excluding hydrogens is 321 g/mol. The average Bonchev–Trinajstić information content (AvgIpc) is 2.32. The van der Waals surface area contributed by atoms with Crippen LogP contribution in [0.4, 0.5) is 10.1 Å². The third-order valence-corrected chi connectivity index (χ3v) is 3.72. The number of hydrogen-bond acceptors (Lipinski definition) is 1. The number of hydrogen-bond donors (Lipinski definition) is 1. The van der Waals surface area contributed by atoms with Crippen LogP contribution in [0.15, 0.2) is 34.8 Å². The molecule has 2 rings (SSSR count). The van der Waals surface area contributed by atoms with Gasteiger partial charge in [-0.2, -0.15) is 0 Å². The van der Waals surface area contributed by atoms with Gasteiger partial charge in [0, 0.05) is 11.3 Å². The molecule has 0 saturated carbocycles. The maximum Gasteiger partial charge on any atom is 0.256 e. The first kappa shape index (κ1) is 14.7. The highest BCUT2D eigenvalue weighted by molar-refractivity contribution is 9.10. The zero-order valence-electron chi connectivity index (χ0n) is 11.6. The molecule has 0 unspecified atom stereocenters. The minimum Gasteiger partial charge on any atom is -0.322 e. The molecule has 0 bridgehead atoms. The van der Waals surface area contributed by atoms with Gasteiger partial charge in [-0.1, -0.05) is 17.7 Å². The van der Waals surface area contributed by atoms with Crippen LogP contribution in [-0.4, -0.2) is 5.91 Å². The molecule has 0 atom stereocenters. The number of rotatable bonds is 2. The standard InChI is InChI=1S/C16H15BrFNO/c1-9-6-10(2)15(11(3)7-9)16(20)19-12-4-5-13(17)14(18)8-12/h4-8H,1-3H3,(H,19,20). The average molecular weight is 336 g/mol. The topological polar surface area (TPSA) is 29.1 Å². The summed E-state index contributed by atoms with van der Waals surface area (Å²) in [7, 11) is 0. The highest BCUT2D eigenvalue weighted by Crippen LogP contribution is 2.22. The maximum absolute atomic E-state index is 13.4. The Balaban J connectivity index is 2.31. The fourth-order valence-electron chi connectivity index (χ4n) is 2.31. The van der Waals surface area contributed by atoms with E-state index >= 15 is 0 Å². The van der Waals surface area contributed by atoms with Gasteiger partial charge in [-0.25, -0.2) is 4.39 Å².